The SMILES string of the molecule is FC(F)Oc1ccc(N2C=CN=CC2c2c(C(F)(F)F)nn3ccccc23)cc1. The van der Waals surface area contributed by atoms with Gasteiger partial charge in [-0.1, -0.05) is 6.07 Å². The molecule has 0 amide bonds. The number of hydrogen-bond donors (Lipinski definition) is 0. The number of nitrogens with zero attached hydrogens (tertiary/aromatic N) is 4. The average molecular weight is 408 g/mol. The molecule has 0 aliphatic carbocycles. The van der Waals surface area contributed by atoms with Gasteiger partial charge in [0.2, 0.25) is 0 Å². The van der Waals surface area contributed by atoms with E-state index in [0.717, 1.165) is 0 Å². The van der Waals surface area contributed by atoms with Crippen LogP contribution in [0.2, 0.25) is 0 Å². The Kier molecular flexibility index (Phi) is 4.69. The minimum Gasteiger partial charge on any atom is -0.435 e. The zero-order valence-electron chi connectivity index (χ0n) is 14.6. The van der Waals surface area contributed by atoms with Crippen LogP contribution in [0.5, 0.6) is 5.75 Å². The molecule has 1 atom stereocenters. The Labute approximate surface area is 161 Å². The Morgan fingerprint density at radius 2 is 1.79 bits per heavy atom. The van der Waals surface area contributed by atoms with Gasteiger partial charge in [-0.3, -0.25) is 4.99 Å². The number of aliphatic imine (C=N–C) groups is 1. The third-order valence-electron chi connectivity index (χ3n) is 4.34. The van der Waals surface area contributed by atoms with Crippen LogP contribution in [0.3, 0.4) is 0 Å². The van der Waals surface area contributed by atoms with Crippen molar-refractivity contribution in [2.45, 2.75) is 18.8 Å². The fourth-order valence-corrected chi connectivity index (χ4v) is 3.18. The van der Waals surface area contributed by atoms with Gasteiger partial charge in [0.05, 0.1) is 11.6 Å². The van der Waals surface area contributed by atoms with E-state index in [1.165, 1.54) is 53.6 Å². The van der Waals surface area contributed by atoms with Crippen molar-refractivity contribution in [1.82, 2.24) is 9.61 Å². The van der Waals surface area contributed by atoms with Crippen molar-refractivity contribution in [3.8, 4) is 5.75 Å². The molecule has 4 rings (SSSR count). The van der Waals surface area contributed by atoms with Crippen molar-refractivity contribution in [3.63, 3.8) is 0 Å². The number of rotatable bonds is 4. The Balaban J connectivity index is 1.80. The quantitative estimate of drug-likeness (QED) is 0.567. The summed E-state index contributed by atoms with van der Waals surface area (Å²) in [5, 5.41) is 3.71. The summed E-state index contributed by atoms with van der Waals surface area (Å²) in [6.45, 7) is -2.97. The van der Waals surface area contributed by atoms with Gasteiger partial charge < -0.3 is 9.64 Å². The van der Waals surface area contributed by atoms with Crippen molar-refractivity contribution in [2.75, 3.05) is 4.90 Å². The Bertz CT molecular complexity index is 1070. The maximum absolute atomic E-state index is 13.7. The van der Waals surface area contributed by atoms with Crippen LogP contribution in [0.4, 0.5) is 27.6 Å². The number of halogens is 5. The van der Waals surface area contributed by atoms with E-state index < -0.39 is 24.5 Å². The number of alkyl halides is 5. The summed E-state index contributed by atoms with van der Waals surface area (Å²) in [4.78, 5) is 5.56. The molecule has 1 aliphatic rings. The number of pyridine rings is 1. The normalized spacial score (nSPS) is 16.8. The molecule has 2 aromatic heterocycles. The number of fused-ring (bicyclic) bond motifs is 1. The first-order valence-corrected chi connectivity index (χ1v) is 8.42. The van der Waals surface area contributed by atoms with Crippen molar-refractivity contribution >= 4 is 17.4 Å². The van der Waals surface area contributed by atoms with Crippen molar-refractivity contribution in [3.05, 3.63) is 72.3 Å². The van der Waals surface area contributed by atoms with Crippen molar-refractivity contribution in [1.29, 1.82) is 0 Å². The largest absolute Gasteiger partial charge is 0.435 e. The number of benzene rings is 1. The molecule has 0 saturated heterocycles. The minimum absolute atomic E-state index is 0.0538. The van der Waals surface area contributed by atoms with E-state index >= 15 is 0 Å². The first kappa shape index (κ1) is 18.9. The van der Waals surface area contributed by atoms with E-state index in [2.05, 4.69) is 14.8 Å². The van der Waals surface area contributed by atoms with E-state index in [-0.39, 0.29) is 16.8 Å². The molecule has 1 aromatic carbocycles. The van der Waals surface area contributed by atoms with E-state index in [1.807, 2.05) is 0 Å². The van der Waals surface area contributed by atoms with Crippen LogP contribution < -0.4 is 9.64 Å². The first-order chi connectivity index (χ1) is 13.8. The lowest BCUT2D eigenvalue weighted by atomic mass is 10.0. The highest BCUT2D eigenvalue weighted by Gasteiger charge is 2.41. The molecule has 5 nitrogen and oxygen atoms in total. The monoisotopic (exact) mass is 408 g/mol. The molecule has 1 unspecified atom stereocenters. The van der Waals surface area contributed by atoms with Crippen LogP contribution in [-0.4, -0.2) is 22.4 Å². The van der Waals surface area contributed by atoms with Gasteiger partial charge in [0.25, 0.3) is 0 Å². The summed E-state index contributed by atoms with van der Waals surface area (Å²) in [6.07, 6.45) is 1.09. The fraction of sp³-hybridized carbons (Fsp3) is 0.158. The molecule has 3 heterocycles. The maximum atomic E-state index is 13.7. The van der Waals surface area contributed by atoms with Crippen molar-refractivity contribution < 1.29 is 26.7 Å². The Morgan fingerprint density at radius 3 is 2.48 bits per heavy atom. The van der Waals surface area contributed by atoms with Crippen LogP contribution in [0.1, 0.15) is 17.3 Å². The summed E-state index contributed by atoms with van der Waals surface area (Å²) in [5.41, 5.74) is -0.311. The van der Waals surface area contributed by atoms with E-state index in [4.69, 9.17) is 0 Å². The van der Waals surface area contributed by atoms with Crippen LogP contribution in [0, 0.1) is 0 Å². The van der Waals surface area contributed by atoms with Gasteiger partial charge in [0.1, 0.15) is 5.75 Å². The molecule has 0 N–H and O–H groups in total. The number of anilines is 1. The molecule has 1 aliphatic heterocycles. The third kappa shape index (κ3) is 3.65. The molecular formula is C19H13F5N4O. The van der Waals surface area contributed by atoms with E-state index in [0.29, 0.717) is 5.69 Å². The molecule has 0 fully saturated rings. The molecule has 150 valence electrons. The van der Waals surface area contributed by atoms with Gasteiger partial charge in [-0.25, -0.2) is 4.52 Å². The summed E-state index contributed by atoms with van der Waals surface area (Å²) < 4.78 is 71.3. The zero-order chi connectivity index (χ0) is 20.6. The number of hydrogen-bond acceptors (Lipinski definition) is 4. The lowest BCUT2D eigenvalue weighted by Gasteiger charge is -2.30. The van der Waals surface area contributed by atoms with Gasteiger partial charge >= 0.3 is 12.8 Å². The van der Waals surface area contributed by atoms with Gasteiger partial charge in [0, 0.05) is 36.1 Å². The zero-order valence-corrected chi connectivity index (χ0v) is 14.6. The highest BCUT2D eigenvalue weighted by molar-refractivity contribution is 5.81. The average Bonchev–Trinajstić information content (AvgIpc) is 3.08. The lowest BCUT2D eigenvalue weighted by Crippen LogP contribution is -2.28. The second kappa shape index (κ2) is 7.19. The molecule has 3 aromatic rings. The molecule has 29 heavy (non-hydrogen) atoms. The van der Waals surface area contributed by atoms with E-state index in [9.17, 15) is 22.0 Å². The third-order valence-corrected chi connectivity index (χ3v) is 4.34. The number of aromatic nitrogens is 2. The summed E-state index contributed by atoms with van der Waals surface area (Å²) in [6, 6.07) is 9.44. The van der Waals surface area contributed by atoms with Crippen LogP contribution >= 0.6 is 0 Å². The van der Waals surface area contributed by atoms with Crippen LogP contribution in [0.25, 0.3) is 5.52 Å². The first-order valence-electron chi connectivity index (χ1n) is 8.42. The lowest BCUT2D eigenvalue weighted by molar-refractivity contribution is -0.141. The van der Waals surface area contributed by atoms with Crippen LogP contribution in [0.15, 0.2) is 66.1 Å². The van der Waals surface area contributed by atoms with Crippen LogP contribution in [-0.2, 0) is 6.18 Å². The van der Waals surface area contributed by atoms with Crippen molar-refractivity contribution in [2.24, 2.45) is 4.99 Å². The fourth-order valence-electron chi connectivity index (χ4n) is 3.18. The summed E-state index contributed by atoms with van der Waals surface area (Å²) >= 11 is 0. The molecular weight excluding hydrogens is 395 g/mol. The highest BCUT2D eigenvalue weighted by atomic mass is 19.4. The van der Waals surface area contributed by atoms with Gasteiger partial charge in [0.15, 0.2) is 5.69 Å². The van der Waals surface area contributed by atoms with Gasteiger partial charge in [-0.2, -0.15) is 27.1 Å². The highest BCUT2D eigenvalue weighted by Crippen LogP contribution is 2.40. The number of ether oxygens (including phenoxy) is 1. The topological polar surface area (TPSA) is 42.1 Å². The van der Waals surface area contributed by atoms with Gasteiger partial charge in [-0.15, -0.1) is 0 Å². The summed E-state index contributed by atoms with van der Waals surface area (Å²) in [5.74, 6) is -0.0538. The Morgan fingerprint density at radius 1 is 1.03 bits per heavy atom. The molecule has 0 bridgehead atoms. The summed E-state index contributed by atoms with van der Waals surface area (Å²) in [7, 11) is 0. The molecule has 0 saturated carbocycles. The molecule has 0 radical (unpaired) electrons. The molecule has 10 heteroatoms. The predicted molar refractivity (Wildman–Crippen MR) is 96.1 cm³/mol. The standard InChI is InChI=1S/C19H13F5N4O/c20-18(21)29-13-6-4-12(5-7-13)27-10-8-25-11-15(27)16-14-3-1-2-9-28(14)26-17(16)19(22,23)24/h1-11,15,18H. The van der Waals surface area contributed by atoms with E-state index in [1.54, 1.807) is 23.1 Å². The van der Waals surface area contributed by atoms with Gasteiger partial charge in [-0.05, 0) is 36.4 Å². The maximum Gasteiger partial charge on any atom is 0.435 e. The molecule has 0 spiro atoms. The minimum atomic E-state index is -4.67. The second-order valence-electron chi connectivity index (χ2n) is 6.11. The Hall–Kier alpha value is -3.43. The predicted octanol–water partition coefficient (Wildman–Crippen LogP) is 5.06. The second-order valence-corrected chi connectivity index (χ2v) is 6.11. The smallest absolute Gasteiger partial charge is 0.435 e.